The molecule has 266 valence electrons. The average molecular weight is 653 g/mol. The quantitative estimate of drug-likeness (QED) is 0.0419. The largest absolute Gasteiger partial charge is 0.455 e. The summed E-state index contributed by atoms with van der Waals surface area (Å²) in [5, 5.41) is 10.3. The molecule has 9 heteroatoms. The Bertz CT molecular complexity index is 846. The van der Waals surface area contributed by atoms with Crippen LogP contribution in [0.1, 0.15) is 122 Å². The number of carbonyl (C=O) groups is 1. The number of hydrogen-bond donors (Lipinski definition) is 1. The lowest BCUT2D eigenvalue weighted by molar-refractivity contribution is -0.139. The van der Waals surface area contributed by atoms with Crippen LogP contribution in [0.3, 0.4) is 0 Å². The molecule has 1 fully saturated rings. The third-order valence-corrected chi connectivity index (χ3v) is 8.70. The van der Waals surface area contributed by atoms with Crippen LogP contribution in [0, 0.1) is 17.8 Å². The number of aliphatic hydroxyl groups is 1. The smallest absolute Gasteiger partial charge is 0.334 e. The van der Waals surface area contributed by atoms with E-state index in [4.69, 9.17) is 33.2 Å². The predicted molar refractivity (Wildman–Crippen MR) is 179 cm³/mol. The molecule has 0 saturated heterocycles. The summed E-state index contributed by atoms with van der Waals surface area (Å²) in [7, 11) is 3.24. The van der Waals surface area contributed by atoms with Gasteiger partial charge in [0.1, 0.15) is 19.7 Å². The summed E-state index contributed by atoms with van der Waals surface area (Å²) in [5.41, 5.74) is 0.815. The molecule has 9 nitrogen and oxygen atoms in total. The molecule has 0 aromatic heterocycles. The van der Waals surface area contributed by atoms with Gasteiger partial charge in [0.2, 0.25) is 0 Å². The highest BCUT2D eigenvalue weighted by Gasteiger charge is 2.21. The zero-order valence-corrected chi connectivity index (χ0v) is 29.1. The summed E-state index contributed by atoms with van der Waals surface area (Å²) < 4.78 is 38.6. The van der Waals surface area contributed by atoms with E-state index in [-0.39, 0.29) is 37.9 Å². The van der Waals surface area contributed by atoms with Gasteiger partial charge in [0, 0.05) is 32.6 Å². The van der Waals surface area contributed by atoms with Crippen LogP contribution in [-0.4, -0.2) is 89.7 Å². The molecule has 0 amide bonds. The molecule has 1 aliphatic carbocycles. The van der Waals surface area contributed by atoms with E-state index in [9.17, 15) is 9.90 Å². The Labute approximate surface area is 279 Å². The monoisotopic (exact) mass is 652 g/mol. The number of rotatable bonds is 28. The minimum Gasteiger partial charge on any atom is -0.455 e. The molecule has 0 bridgehead atoms. The van der Waals surface area contributed by atoms with Gasteiger partial charge in [-0.2, -0.15) is 0 Å². The van der Waals surface area contributed by atoms with Gasteiger partial charge in [0.25, 0.3) is 0 Å². The molecule has 0 radical (unpaired) electrons. The normalized spacial score (nSPS) is 18.9. The van der Waals surface area contributed by atoms with Crippen LogP contribution in [0.5, 0.6) is 0 Å². The number of methoxy groups -OCH3 is 2. The lowest BCUT2D eigenvalue weighted by Gasteiger charge is -2.22. The zero-order chi connectivity index (χ0) is 33.1. The minimum atomic E-state index is -0.423. The predicted octanol–water partition coefficient (Wildman–Crippen LogP) is 6.89. The first-order chi connectivity index (χ1) is 22.5. The van der Waals surface area contributed by atoms with Crippen LogP contribution in [0.4, 0.5) is 0 Å². The van der Waals surface area contributed by atoms with Crippen LogP contribution in [0.15, 0.2) is 11.6 Å². The van der Waals surface area contributed by atoms with Crippen molar-refractivity contribution in [2.45, 2.75) is 147 Å². The highest BCUT2D eigenvalue weighted by Crippen LogP contribution is 2.28. The second kappa shape index (κ2) is 27.4. The van der Waals surface area contributed by atoms with Crippen molar-refractivity contribution in [3.05, 3.63) is 11.6 Å². The Kier molecular flexibility index (Phi) is 24.3. The van der Waals surface area contributed by atoms with Crippen molar-refractivity contribution in [3.8, 4) is 11.8 Å². The molecule has 2 rings (SSSR count). The van der Waals surface area contributed by atoms with E-state index in [0.717, 1.165) is 69.3 Å². The SMILES string of the molecule is COCO[C@@H](CC#CCC(O)CCCCCCCC1=C[C@H](C)OC1=O)COCCOC[C@H](CCCCC1CCCCC1)OCOC. The standard InChI is InChI=1S/C37H64O9/c1-31-26-33(37(39)46-31)19-10-5-4-6-11-20-34(38)21-13-15-23-36(45-30-41-3)28-43-25-24-42-27-35(44-29-40-2)22-14-12-18-32-16-8-7-9-17-32/h26,31-32,34-36,38H,4-12,14,16-25,27-30H2,1-3H3/t31-,34?,35-,36-/m0/s1. The summed E-state index contributed by atoms with van der Waals surface area (Å²) >= 11 is 0. The second-order valence-corrected chi connectivity index (χ2v) is 12.9. The summed E-state index contributed by atoms with van der Waals surface area (Å²) in [5.74, 6) is 6.99. The molecule has 4 atom stereocenters. The minimum absolute atomic E-state index is 0.0344. The van der Waals surface area contributed by atoms with Crippen LogP contribution in [0.25, 0.3) is 0 Å². The highest BCUT2D eigenvalue weighted by atomic mass is 16.7. The van der Waals surface area contributed by atoms with Crippen molar-refractivity contribution < 1.29 is 43.1 Å². The number of aliphatic hydroxyl groups excluding tert-OH is 1. The molecule has 1 unspecified atom stereocenters. The molecular formula is C37H64O9. The topological polar surface area (TPSA) is 102 Å². The van der Waals surface area contributed by atoms with E-state index in [1.165, 1.54) is 44.9 Å². The van der Waals surface area contributed by atoms with E-state index in [1.807, 2.05) is 13.0 Å². The van der Waals surface area contributed by atoms with E-state index in [1.54, 1.807) is 14.2 Å². The lowest BCUT2D eigenvalue weighted by atomic mass is 9.85. The Morgan fingerprint density at radius 2 is 1.46 bits per heavy atom. The summed E-state index contributed by atoms with van der Waals surface area (Å²) in [6, 6.07) is 0. The van der Waals surface area contributed by atoms with E-state index >= 15 is 0 Å². The Morgan fingerprint density at radius 1 is 0.826 bits per heavy atom. The van der Waals surface area contributed by atoms with Gasteiger partial charge in [-0.05, 0) is 44.6 Å². The van der Waals surface area contributed by atoms with Crippen molar-refractivity contribution in [1.29, 1.82) is 0 Å². The van der Waals surface area contributed by atoms with Gasteiger partial charge in [-0.3, -0.25) is 0 Å². The number of cyclic esters (lactones) is 1. The van der Waals surface area contributed by atoms with Crippen molar-refractivity contribution >= 4 is 5.97 Å². The molecular weight excluding hydrogens is 588 g/mol. The first-order valence-corrected chi connectivity index (χ1v) is 17.9. The zero-order valence-electron chi connectivity index (χ0n) is 29.1. The molecule has 1 N–H and O–H groups in total. The van der Waals surface area contributed by atoms with Crippen molar-refractivity contribution in [2.75, 3.05) is 54.2 Å². The van der Waals surface area contributed by atoms with Gasteiger partial charge in [0.05, 0.1) is 44.7 Å². The van der Waals surface area contributed by atoms with Crippen LogP contribution >= 0.6 is 0 Å². The number of ether oxygens (including phenoxy) is 7. The third kappa shape index (κ3) is 20.7. The molecule has 1 saturated carbocycles. The Morgan fingerprint density at radius 3 is 2.15 bits per heavy atom. The van der Waals surface area contributed by atoms with E-state index in [0.29, 0.717) is 39.3 Å². The third-order valence-electron chi connectivity index (χ3n) is 8.70. The molecule has 0 aromatic carbocycles. The van der Waals surface area contributed by atoms with Gasteiger partial charge in [-0.15, -0.1) is 11.8 Å². The fraction of sp³-hybridized carbons (Fsp3) is 0.865. The molecule has 0 aromatic rings. The van der Waals surface area contributed by atoms with Gasteiger partial charge in [-0.1, -0.05) is 77.0 Å². The molecule has 46 heavy (non-hydrogen) atoms. The average Bonchev–Trinajstić information content (AvgIpc) is 3.39. The second-order valence-electron chi connectivity index (χ2n) is 12.9. The Hall–Kier alpha value is -1.51. The first kappa shape index (κ1) is 40.7. The van der Waals surface area contributed by atoms with Crippen LogP contribution < -0.4 is 0 Å². The summed E-state index contributed by atoms with van der Waals surface area (Å²) in [6.45, 7) is 4.21. The van der Waals surface area contributed by atoms with Crippen LogP contribution in [0.2, 0.25) is 0 Å². The Balaban J connectivity index is 1.51. The molecule has 1 heterocycles. The molecule has 0 spiro atoms. The number of esters is 1. The van der Waals surface area contributed by atoms with Gasteiger partial charge >= 0.3 is 5.97 Å². The van der Waals surface area contributed by atoms with E-state index in [2.05, 4.69) is 11.8 Å². The van der Waals surface area contributed by atoms with Gasteiger partial charge in [-0.25, -0.2) is 4.79 Å². The van der Waals surface area contributed by atoms with Gasteiger partial charge in [0.15, 0.2) is 0 Å². The number of unbranched alkanes of at least 4 members (excludes halogenated alkanes) is 5. The molecule has 2 aliphatic rings. The lowest BCUT2D eigenvalue weighted by Crippen LogP contribution is -2.24. The maximum absolute atomic E-state index is 11.6. The fourth-order valence-electron chi connectivity index (χ4n) is 6.06. The summed E-state index contributed by atoms with van der Waals surface area (Å²) in [4.78, 5) is 11.6. The first-order valence-electron chi connectivity index (χ1n) is 17.9. The van der Waals surface area contributed by atoms with Gasteiger partial charge < -0.3 is 38.3 Å². The maximum Gasteiger partial charge on any atom is 0.334 e. The van der Waals surface area contributed by atoms with Crippen molar-refractivity contribution in [3.63, 3.8) is 0 Å². The number of hydrogen-bond acceptors (Lipinski definition) is 9. The van der Waals surface area contributed by atoms with Crippen molar-refractivity contribution in [1.82, 2.24) is 0 Å². The maximum atomic E-state index is 11.6. The summed E-state index contributed by atoms with van der Waals surface area (Å²) in [6.07, 6.45) is 20.7. The number of carbonyl (C=O) groups excluding carboxylic acids is 1. The van der Waals surface area contributed by atoms with Crippen LogP contribution in [-0.2, 0) is 38.0 Å². The fourth-order valence-corrected chi connectivity index (χ4v) is 6.06. The molecule has 1 aliphatic heterocycles. The van der Waals surface area contributed by atoms with Crippen molar-refractivity contribution in [2.24, 2.45) is 5.92 Å². The van der Waals surface area contributed by atoms with E-state index < -0.39 is 6.10 Å². The highest BCUT2D eigenvalue weighted by molar-refractivity contribution is 5.90.